The van der Waals surface area contributed by atoms with E-state index in [1.165, 1.54) is 12.1 Å². The van der Waals surface area contributed by atoms with Gasteiger partial charge in [-0.05, 0) is 67.1 Å². The number of rotatable bonds is 6. The van der Waals surface area contributed by atoms with Gasteiger partial charge in [0, 0.05) is 11.6 Å². The van der Waals surface area contributed by atoms with E-state index >= 15 is 0 Å². The van der Waals surface area contributed by atoms with Gasteiger partial charge in [0.15, 0.2) is 0 Å². The lowest BCUT2D eigenvalue weighted by atomic mass is 9.90. The number of likely N-dealkylation sites (tertiary alicyclic amines) is 1. The monoisotopic (exact) mass is 465 g/mol. The highest BCUT2D eigenvalue weighted by Crippen LogP contribution is 2.43. The van der Waals surface area contributed by atoms with Crippen LogP contribution < -0.4 is 4.74 Å². The van der Waals surface area contributed by atoms with Crippen molar-refractivity contribution in [2.75, 3.05) is 6.61 Å². The van der Waals surface area contributed by atoms with E-state index in [2.05, 4.69) is 0 Å². The van der Waals surface area contributed by atoms with Crippen LogP contribution in [0.5, 0.6) is 5.75 Å². The van der Waals surface area contributed by atoms with Crippen LogP contribution in [0.25, 0.3) is 5.76 Å². The maximum absolute atomic E-state index is 13.7. The summed E-state index contributed by atoms with van der Waals surface area (Å²) in [4.78, 5) is 28.2. The number of amides is 1. The lowest BCUT2D eigenvalue weighted by Crippen LogP contribution is -2.40. The largest absolute Gasteiger partial charge is 0.507 e. The van der Waals surface area contributed by atoms with Crippen molar-refractivity contribution in [3.63, 3.8) is 0 Å². The second-order valence-electron chi connectivity index (χ2n) is 9.39. The van der Waals surface area contributed by atoms with Crippen LogP contribution in [0.1, 0.15) is 81.5 Å². The molecule has 0 aromatic heterocycles. The molecule has 0 bridgehead atoms. The van der Waals surface area contributed by atoms with Crippen LogP contribution in [-0.4, -0.2) is 34.3 Å². The van der Waals surface area contributed by atoms with Gasteiger partial charge in [-0.2, -0.15) is 0 Å². The lowest BCUT2D eigenvalue weighted by molar-refractivity contribution is -0.141. The number of Topliss-reactive ketones (excluding diaryl/α,β-unsaturated/α-hetero) is 1. The van der Waals surface area contributed by atoms with Crippen LogP contribution in [0.4, 0.5) is 4.39 Å². The standard InChI is InChI=1S/C28H32FNO4/c1-4-34-23-15-12-19(16-22(23)17(2)3)26(31)24-25(18-10-13-20(29)14-11-18)30(28(33)27(24)32)21-8-6-5-7-9-21/h10-17,21,25,31H,4-9H2,1-3H3/b26-24-. The van der Waals surface area contributed by atoms with E-state index in [9.17, 15) is 19.1 Å². The van der Waals surface area contributed by atoms with Crippen molar-refractivity contribution < 1.29 is 23.8 Å². The molecule has 1 unspecified atom stereocenters. The number of aliphatic hydroxyl groups excluding tert-OH is 1. The summed E-state index contributed by atoms with van der Waals surface area (Å²) in [5, 5.41) is 11.4. The molecule has 2 aromatic carbocycles. The average molecular weight is 466 g/mol. The van der Waals surface area contributed by atoms with Crippen molar-refractivity contribution in [1.29, 1.82) is 0 Å². The van der Waals surface area contributed by atoms with E-state index in [0.29, 0.717) is 17.7 Å². The highest BCUT2D eigenvalue weighted by molar-refractivity contribution is 6.46. The third kappa shape index (κ3) is 4.46. The van der Waals surface area contributed by atoms with Crippen LogP contribution in [0.15, 0.2) is 48.0 Å². The van der Waals surface area contributed by atoms with E-state index in [0.717, 1.165) is 43.4 Å². The molecule has 2 aliphatic rings. The van der Waals surface area contributed by atoms with Gasteiger partial charge in [-0.1, -0.05) is 45.2 Å². The predicted octanol–water partition coefficient (Wildman–Crippen LogP) is 6.10. The maximum atomic E-state index is 13.7. The van der Waals surface area contributed by atoms with E-state index in [-0.39, 0.29) is 23.3 Å². The first-order chi connectivity index (χ1) is 16.3. The average Bonchev–Trinajstić information content (AvgIpc) is 3.10. The van der Waals surface area contributed by atoms with Gasteiger partial charge < -0.3 is 14.7 Å². The Labute approximate surface area is 200 Å². The zero-order valence-corrected chi connectivity index (χ0v) is 20.0. The summed E-state index contributed by atoms with van der Waals surface area (Å²) in [6.45, 7) is 6.49. The highest BCUT2D eigenvalue weighted by atomic mass is 19.1. The summed E-state index contributed by atoms with van der Waals surface area (Å²) in [5.74, 6) is -1.05. The number of benzene rings is 2. The molecule has 180 valence electrons. The topological polar surface area (TPSA) is 66.8 Å². The summed E-state index contributed by atoms with van der Waals surface area (Å²) < 4.78 is 19.4. The molecular weight excluding hydrogens is 433 g/mol. The molecule has 2 aromatic rings. The Kier molecular flexibility index (Phi) is 7.05. The number of carbonyl (C=O) groups is 2. The number of aliphatic hydroxyl groups is 1. The molecule has 2 fully saturated rings. The first kappa shape index (κ1) is 24.0. The second-order valence-corrected chi connectivity index (χ2v) is 9.39. The molecule has 6 heteroatoms. The van der Waals surface area contributed by atoms with Gasteiger partial charge in [0.05, 0.1) is 18.2 Å². The van der Waals surface area contributed by atoms with E-state index in [4.69, 9.17) is 4.74 Å². The Balaban J connectivity index is 1.86. The van der Waals surface area contributed by atoms with Crippen molar-refractivity contribution in [3.8, 4) is 5.75 Å². The molecular formula is C28H32FNO4. The molecule has 5 nitrogen and oxygen atoms in total. The van der Waals surface area contributed by atoms with E-state index < -0.39 is 23.5 Å². The Morgan fingerprint density at radius 3 is 2.38 bits per heavy atom. The molecule has 34 heavy (non-hydrogen) atoms. The number of ether oxygens (including phenoxy) is 1. The minimum atomic E-state index is -0.752. The fourth-order valence-corrected chi connectivity index (χ4v) is 5.15. The van der Waals surface area contributed by atoms with Crippen molar-refractivity contribution in [2.45, 2.75) is 70.9 Å². The fraction of sp³-hybridized carbons (Fsp3) is 0.429. The zero-order valence-electron chi connectivity index (χ0n) is 20.0. The van der Waals surface area contributed by atoms with Gasteiger partial charge in [0.1, 0.15) is 17.3 Å². The fourth-order valence-electron chi connectivity index (χ4n) is 5.15. The first-order valence-corrected chi connectivity index (χ1v) is 12.2. The number of ketones is 1. The van der Waals surface area contributed by atoms with Gasteiger partial charge in [0.25, 0.3) is 11.7 Å². The molecule has 1 N–H and O–H groups in total. The van der Waals surface area contributed by atoms with Crippen LogP contribution in [0, 0.1) is 5.82 Å². The summed E-state index contributed by atoms with van der Waals surface area (Å²) in [7, 11) is 0. The van der Waals surface area contributed by atoms with Crippen LogP contribution in [-0.2, 0) is 9.59 Å². The van der Waals surface area contributed by atoms with Gasteiger partial charge in [-0.15, -0.1) is 0 Å². The molecule has 1 amide bonds. The predicted molar refractivity (Wildman–Crippen MR) is 129 cm³/mol. The Bertz CT molecular complexity index is 1100. The number of hydrogen-bond acceptors (Lipinski definition) is 4. The Morgan fingerprint density at radius 1 is 1.09 bits per heavy atom. The second kappa shape index (κ2) is 10.00. The van der Waals surface area contributed by atoms with Gasteiger partial charge in [-0.25, -0.2) is 4.39 Å². The smallest absolute Gasteiger partial charge is 0.295 e. The van der Waals surface area contributed by atoms with Crippen molar-refractivity contribution in [3.05, 3.63) is 70.5 Å². The summed E-state index contributed by atoms with van der Waals surface area (Å²) in [6.07, 6.45) is 4.70. The van der Waals surface area contributed by atoms with Gasteiger partial charge >= 0.3 is 0 Å². The number of nitrogens with zero attached hydrogens (tertiary/aromatic N) is 1. The Hall–Kier alpha value is -3.15. The molecule has 1 atom stereocenters. The lowest BCUT2D eigenvalue weighted by Gasteiger charge is -2.35. The highest BCUT2D eigenvalue weighted by Gasteiger charge is 2.48. The van der Waals surface area contributed by atoms with E-state index in [1.54, 1.807) is 29.2 Å². The maximum Gasteiger partial charge on any atom is 0.295 e. The normalized spacial score (nSPS) is 20.9. The molecule has 0 radical (unpaired) electrons. The van der Waals surface area contributed by atoms with E-state index in [1.807, 2.05) is 26.8 Å². The SMILES string of the molecule is CCOc1ccc(/C(O)=C2/C(=O)C(=O)N(C3CCCCC3)C2c2ccc(F)cc2)cc1C(C)C. The number of carbonyl (C=O) groups excluding carboxylic acids is 2. The minimum absolute atomic E-state index is 0.0565. The van der Waals surface area contributed by atoms with Crippen LogP contribution >= 0.6 is 0 Å². The van der Waals surface area contributed by atoms with Gasteiger partial charge in [-0.3, -0.25) is 9.59 Å². The van der Waals surface area contributed by atoms with Crippen LogP contribution in [0.2, 0.25) is 0 Å². The molecule has 1 heterocycles. The van der Waals surface area contributed by atoms with Gasteiger partial charge in [0.2, 0.25) is 0 Å². The number of hydrogen-bond donors (Lipinski definition) is 1. The van der Waals surface area contributed by atoms with Crippen LogP contribution in [0.3, 0.4) is 0 Å². The summed E-state index contributed by atoms with van der Waals surface area (Å²) in [5.41, 5.74) is 2.04. The molecule has 1 aliphatic carbocycles. The molecule has 1 saturated heterocycles. The molecule has 0 spiro atoms. The van der Waals surface area contributed by atoms with Crippen molar-refractivity contribution >= 4 is 17.4 Å². The molecule has 1 aliphatic heterocycles. The third-order valence-corrected chi connectivity index (χ3v) is 6.84. The van der Waals surface area contributed by atoms with Crippen molar-refractivity contribution in [1.82, 2.24) is 4.90 Å². The zero-order chi connectivity index (χ0) is 24.4. The third-order valence-electron chi connectivity index (χ3n) is 6.84. The molecule has 4 rings (SSSR count). The molecule has 1 saturated carbocycles. The summed E-state index contributed by atoms with van der Waals surface area (Å²) in [6, 6.07) is 10.3. The van der Waals surface area contributed by atoms with Crippen molar-refractivity contribution in [2.24, 2.45) is 0 Å². The number of halogens is 1. The minimum Gasteiger partial charge on any atom is -0.507 e. The quantitative estimate of drug-likeness (QED) is 0.318. The summed E-state index contributed by atoms with van der Waals surface area (Å²) >= 11 is 0. The Morgan fingerprint density at radius 2 is 1.76 bits per heavy atom. The first-order valence-electron chi connectivity index (χ1n) is 12.2.